The third-order valence-electron chi connectivity index (χ3n) is 5.25. The van der Waals surface area contributed by atoms with Gasteiger partial charge in [0.1, 0.15) is 0 Å². The van der Waals surface area contributed by atoms with Gasteiger partial charge in [0, 0.05) is 50.4 Å². The first-order valence-corrected chi connectivity index (χ1v) is 10.8. The lowest BCUT2D eigenvalue weighted by Gasteiger charge is -2.24. The predicted molar refractivity (Wildman–Crippen MR) is 131 cm³/mol. The van der Waals surface area contributed by atoms with Gasteiger partial charge in [-0.15, -0.1) is 35.3 Å². The standard InChI is InChI=1S/C21H31N5S.HI/c1-16(18-9-5-4-6-10-18)17(2)24-20(22-3)23-12-11-19-15-27-21(25-19)26-13-7-8-14-26;/h4-6,9-10,15-17H,7-8,11-14H2,1-3H3,(H2,22,23,24);1H. The van der Waals surface area contributed by atoms with E-state index in [1.165, 1.54) is 23.5 Å². The number of thiazole rings is 1. The van der Waals surface area contributed by atoms with Crippen LogP contribution in [0.15, 0.2) is 40.7 Å². The number of benzene rings is 1. The number of anilines is 1. The summed E-state index contributed by atoms with van der Waals surface area (Å²) in [6.45, 7) is 7.58. The number of aliphatic imine (C=N–C) groups is 1. The number of halogens is 1. The summed E-state index contributed by atoms with van der Waals surface area (Å²) >= 11 is 1.76. The SMILES string of the molecule is CN=C(NCCc1csc(N2CCCC2)n1)NC(C)C(C)c1ccccc1.I. The summed E-state index contributed by atoms with van der Waals surface area (Å²) in [5, 5.41) is 10.3. The van der Waals surface area contributed by atoms with Gasteiger partial charge in [0.25, 0.3) is 0 Å². The van der Waals surface area contributed by atoms with Crippen LogP contribution in [-0.4, -0.2) is 43.7 Å². The highest BCUT2D eigenvalue weighted by molar-refractivity contribution is 14.0. The summed E-state index contributed by atoms with van der Waals surface area (Å²) in [7, 11) is 1.82. The van der Waals surface area contributed by atoms with E-state index < -0.39 is 0 Å². The molecule has 0 saturated carbocycles. The van der Waals surface area contributed by atoms with Crippen molar-refractivity contribution in [3.8, 4) is 0 Å². The van der Waals surface area contributed by atoms with E-state index >= 15 is 0 Å². The Balaban J connectivity index is 0.00000280. The summed E-state index contributed by atoms with van der Waals surface area (Å²) in [5.74, 6) is 1.26. The van der Waals surface area contributed by atoms with Gasteiger partial charge in [0.15, 0.2) is 11.1 Å². The number of nitrogens with one attached hydrogen (secondary N) is 2. The maximum atomic E-state index is 4.79. The zero-order valence-corrected chi connectivity index (χ0v) is 20.2. The molecule has 2 aromatic rings. The number of hydrogen-bond donors (Lipinski definition) is 2. The largest absolute Gasteiger partial charge is 0.356 e. The number of guanidine groups is 1. The molecule has 1 aromatic heterocycles. The number of rotatable bonds is 7. The molecule has 1 aromatic carbocycles. The molecule has 1 aliphatic rings. The average Bonchev–Trinajstić information content (AvgIpc) is 3.39. The Hall–Kier alpha value is -1.35. The van der Waals surface area contributed by atoms with Crippen LogP contribution in [0.25, 0.3) is 0 Å². The zero-order chi connectivity index (χ0) is 19.1. The molecule has 0 amide bonds. The van der Waals surface area contributed by atoms with Gasteiger partial charge in [0.2, 0.25) is 0 Å². The summed E-state index contributed by atoms with van der Waals surface area (Å²) in [5.41, 5.74) is 2.50. The second-order valence-corrected chi connectivity index (χ2v) is 8.03. The van der Waals surface area contributed by atoms with Gasteiger partial charge >= 0.3 is 0 Å². The molecular weight excluding hydrogens is 481 g/mol. The van der Waals surface area contributed by atoms with Crippen molar-refractivity contribution in [3.05, 3.63) is 47.0 Å². The highest BCUT2D eigenvalue weighted by atomic mass is 127. The van der Waals surface area contributed by atoms with Crippen molar-refractivity contribution < 1.29 is 0 Å². The summed E-state index contributed by atoms with van der Waals surface area (Å²) < 4.78 is 0. The van der Waals surface area contributed by atoms with Crippen LogP contribution in [0.1, 0.15) is 43.9 Å². The van der Waals surface area contributed by atoms with Crippen molar-refractivity contribution in [2.24, 2.45) is 4.99 Å². The average molecular weight is 513 g/mol. The molecule has 3 rings (SSSR count). The minimum Gasteiger partial charge on any atom is -0.356 e. The maximum absolute atomic E-state index is 4.79. The quantitative estimate of drug-likeness (QED) is 0.330. The Morgan fingerprint density at radius 1 is 1.21 bits per heavy atom. The Kier molecular flexibility index (Phi) is 9.50. The number of aromatic nitrogens is 1. The van der Waals surface area contributed by atoms with Crippen molar-refractivity contribution in [1.82, 2.24) is 15.6 Å². The lowest BCUT2D eigenvalue weighted by Crippen LogP contribution is -2.44. The van der Waals surface area contributed by atoms with Crippen LogP contribution < -0.4 is 15.5 Å². The maximum Gasteiger partial charge on any atom is 0.191 e. The van der Waals surface area contributed by atoms with Crippen LogP contribution in [0.3, 0.4) is 0 Å². The monoisotopic (exact) mass is 513 g/mol. The fraction of sp³-hybridized carbons (Fsp3) is 0.524. The first-order valence-electron chi connectivity index (χ1n) is 9.89. The molecule has 2 heterocycles. The van der Waals surface area contributed by atoms with Gasteiger partial charge in [0.05, 0.1) is 5.69 Å². The molecular formula is C21H32IN5S. The zero-order valence-electron chi connectivity index (χ0n) is 17.0. The van der Waals surface area contributed by atoms with Crippen molar-refractivity contribution in [2.75, 3.05) is 31.6 Å². The van der Waals surface area contributed by atoms with Crippen LogP contribution in [0, 0.1) is 0 Å². The van der Waals surface area contributed by atoms with Crippen molar-refractivity contribution in [3.63, 3.8) is 0 Å². The predicted octanol–water partition coefficient (Wildman–Crippen LogP) is 4.26. The fourth-order valence-electron chi connectivity index (χ4n) is 3.35. The van der Waals surface area contributed by atoms with E-state index in [1.807, 2.05) is 7.05 Å². The third-order valence-corrected chi connectivity index (χ3v) is 6.20. The van der Waals surface area contributed by atoms with E-state index in [4.69, 9.17) is 4.98 Å². The molecule has 1 aliphatic heterocycles. The summed E-state index contributed by atoms with van der Waals surface area (Å²) in [6.07, 6.45) is 3.49. The van der Waals surface area contributed by atoms with Crippen LogP contribution in [0.5, 0.6) is 0 Å². The number of hydrogen-bond acceptors (Lipinski definition) is 4. The molecule has 2 unspecified atom stereocenters. The molecule has 0 radical (unpaired) electrons. The Bertz CT molecular complexity index is 727. The van der Waals surface area contributed by atoms with E-state index in [0.717, 1.165) is 37.7 Å². The van der Waals surface area contributed by atoms with E-state index in [2.05, 4.69) is 70.1 Å². The van der Waals surface area contributed by atoms with E-state index in [1.54, 1.807) is 11.3 Å². The normalized spacial score (nSPS) is 16.4. The summed E-state index contributed by atoms with van der Waals surface area (Å²) in [6, 6.07) is 10.9. The highest BCUT2D eigenvalue weighted by Crippen LogP contribution is 2.24. The second kappa shape index (κ2) is 11.6. The first-order chi connectivity index (χ1) is 13.2. The molecule has 5 nitrogen and oxygen atoms in total. The molecule has 154 valence electrons. The Morgan fingerprint density at radius 2 is 1.93 bits per heavy atom. The van der Waals surface area contributed by atoms with Crippen LogP contribution in [0.4, 0.5) is 5.13 Å². The van der Waals surface area contributed by atoms with Gasteiger partial charge in [-0.1, -0.05) is 37.3 Å². The molecule has 7 heteroatoms. The van der Waals surface area contributed by atoms with Gasteiger partial charge in [-0.25, -0.2) is 4.98 Å². The van der Waals surface area contributed by atoms with Crippen LogP contribution in [0.2, 0.25) is 0 Å². The van der Waals surface area contributed by atoms with Gasteiger partial charge in [-0.05, 0) is 25.3 Å². The molecule has 0 spiro atoms. The molecule has 2 atom stereocenters. The number of nitrogens with zero attached hydrogens (tertiary/aromatic N) is 3. The van der Waals surface area contributed by atoms with Crippen LogP contribution in [-0.2, 0) is 6.42 Å². The molecule has 2 N–H and O–H groups in total. The molecule has 1 fully saturated rings. The van der Waals surface area contributed by atoms with E-state index in [-0.39, 0.29) is 24.0 Å². The second-order valence-electron chi connectivity index (χ2n) is 7.20. The van der Waals surface area contributed by atoms with Crippen molar-refractivity contribution in [1.29, 1.82) is 0 Å². The third kappa shape index (κ3) is 6.34. The Labute approximate surface area is 190 Å². The van der Waals surface area contributed by atoms with Gasteiger partial charge in [-0.3, -0.25) is 4.99 Å². The Morgan fingerprint density at radius 3 is 2.61 bits per heavy atom. The highest BCUT2D eigenvalue weighted by Gasteiger charge is 2.16. The van der Waals surface area contributed by atoms with Crippen LogP contribution >= 0.6 is 35.3 Å². The first kappa shape index (κ1) is 22.9. The van der Waals surface area contributed by atoms with Gasteiger partial charge in [-0.2, -0.15) is 0 Å². The molecule has 0 bridgehead atoms. The molecule has 0 aliphatic carbocycles. The minimum atomic E-state index is 0. The molecule has 1 saturated heterocycles. The molecule has 28 heavy (non-hydrogen) atoms. The fourth-order valence-corrected chi connectivity index (χ4v) is 4.27. The van der Waals surface area contributed by atoms with Crippen molar-refractivity contribution >= 4 is 46.4 Å². The van der Waals surface area contributed by atoms with Crippen molar-refractivity contribution in [2.45, 2.75) is 45.1 Å². The summed E-state index contributed by atoms with van der Waals surface area (Å²) in [4.78, 5) is 11.6. The lowest BCUT2D eigenvalue weighted by molar-refractivity contribution is 0.550. The van der Waals surface area contributed by atoms with E-state index in [0.29, 0.717) is 12.0 Å². The van der Waals surface area contributed by atoms with E-state index in [9.17, 15) is 0 Å². The smallest absolute Gasteiger partial charge is 0.191 e. The van der Waals surface area contributed by atoms with Gasteiger partial charge < -0.3 is 15.5 Å². The topological polar surface area (TPSA) is 52.6 Å². The minimum absolute atomic E-state index is 0. The lowest BCUT2D eigenvalue weighted by atomic mass is 9.94.